The van der Waals surface area contributed by atoms with E-state index in [4.69, 9.17) is 8.94 Å². The van der Waals surface area contributed by atoms with Gasteiger partial charge in [0.1, 0.15) is 5.58 Å². The molecule has 0 unspecified atom stereocenters. The number of furan rings is 1. The summed E-state index contributed by atoms with van der Waals surface area (Å²) in [6, 6.07) is 15.6. The van der Waals surface area contributed by atoms with Gasteiger partial charge in [0.2, 0.25) is 5.82 Å². The molecular weight excluding hydrogens is 330 g/mol. The van der Waals surface area contributed by atoms with E-state index < -0.39 is 5.91 Å². The van der Waals surface area contributed by atoms with Crippen LogP contribution in [0.1, 0.15) is 27.4 Å². The third-order valence-corrected chi connectivity index (χ3v) is 4.20. The monoisotopic (exact) mass is 347 g/mol. The highest BCUT2D eigenvalue weighted by Crippen LogP contribution is 2.31. The lowest BCUT2D eigenvalue weighted by Crippen LogP contribution is -2.23. The van der Waals surface area contributed by atoms with Gasteiger partial charge >= 0.3 is 11.8 Å². The Morgan fingerprint density at radius 1 is 1.12 bits per heavy atom. The fraction of sp³-hybridized carbons (Fsp3) is 0.150. The second kappa shape index (κ2) is 6.48. The van der Waals surface area contributed by atoms with Crippen molar-refractivity contribution in [3.05, 3.63) is 71.1 Å². The van der Waals surface area contributed by atoms with Gasteiger partial charge in [0, 0.05) is 17.5 Å². The maximum atomic E-state index is 12.3. The lowest BCUT2D eigenvalue weighted by Gasteiger charge is -2.03. The average molecular weight is 347 g/mol. The van der Waals surface area contributed by atoms with Crippen molar-refractivity contribution in [3.63, 3.8) is 0 Å². The summed E-state index contributed by atoms with van der Waals surface area (Å²) < 4.78 is 10.9. The van der Waals surface area contributed by atoms with Crippen LogP contribution < -0.4 is 5.32 Å². The van der Waals surface area contributed by atoms with Crippen molar-refractivity contribution in [2.24, 2.45) is 0 Å². The summed E-state index contributed by atoms with van der Waals surface area (Å²) in [5.74, 6) is 0.263. The molecule has 4 rings (SSSR count). The summed E-state index contributed by atoms with van der Waals surface area (Å²) in [6.07, 6.45) is 0. The minimum absolute atomic E-state index is 0.0903. The maximum absolute atomic E-state index is 12.3. The van der Waals surface area contributed by atoms with E-state index in [1.165, 1.54) is 0 Å². The van der Waals surface area contributed by atoms with Gasteiger partial charge < -0.3 is 14.3 Å². The molecule has 0 aliphatic rings. The Labute approximate surface area is 149 Å². The number of benzene rings is 2. The lowest BCUT2D eigenvalue weighted by molar-refractivity contribution is 0.0907. The number of rotatable bonds is 4. The zero-order chi connectivity index (χ0) is 18.1. The van der Waals surface area contributed by atoms with Crippen molar-refractivity contribution in [3.8, 4) is 11.6 Å². The summed E-state index contributed by atoms with van der Waals surface area (Å²) in [5.41, 5.74) is 3.80. The van der Waals surface area contributed by atoms with E-state index in [2.05, 4.69) is 15.5 Å². The Morgan fingerprint density at radius 2 is 1.96 bits per heavy atom. The van der Waals surface area contributed by atoms with Gasteiger partial charge in [0.05, 0.1) is 0 Å². The predicted molar refractivity (Wildman–Crippen MR) is 96.6 cm³/mol. The lowest BCUT2D eigenvalue weighted by atomic mass is 10.1. The number of hydrogen-bond donors (Lipinski definition) is 1. The van der Waals surface area contributed by atoms with Crippen molar-refractivity contribution < 1.29 is 13.7 Å². The zero-order valence-electron chi connectivity index (χ0n) is 14.4. The van der Waals surface area contributed by atoms with Gasteiger partial charge in [-0.05, 0) is 25.5 Å². The molecule has 26 heavy (non-hydrogen) atoms. The average Bonchev–Trinajstić information content (AvgIpc) is 3.25. The maximum Gasteiger partial charge on any atom is 0.316 e. The summed E-state index contributed by atoms with van der Waals surface area (Å²) in [7, 11) is 0. The highest BCUT2D eigenvalue weighted by molar-refractivity contribution is 5.90. The Hall–Kier alpha value is -3.41. The first kappa shape index (κ1) is 16.1. The number of nitrogens with one attached hydrogen (secondary N) is 1. The minimum Gasteiger partial charge on any atom is -0.452 e. The van der Waals surface area contributed by atoms with Gasteiger partial charge in [0.15, 0.2) is 5.76 Å². The smallest absolute Gasteiger partial charge is 0.316 e. The molecule has 0 saturated carbocycles. The second-order valence-electron chi connectivity index (χ2n) is 6.15. The molecule has 6 heteroatoms. The summed E-state index contributed by atoms with van der Waals surface area (Å²) in [5, 5.41) is 7.66. The van der Waals surface area contributed by atoms with Crippen molar-refractivity contribution >= 4 is 16.9 Å². The molecule has 2 aromatic heterocycles. The standard InChI is InChI=1S/C20H17N3O3/c1-12-6-5-7-14(10-12)11-21-19(24)20-22-18(23-26-20)17-13(2)15-8-3-4-9-16(15)25-17/h3-10H,11H2,1-2H3,(H,21,24). The first-order chi connectivity index (χ1) is 12.6. The number of amides is 1. The number of hydrogen-bond acceptors (Lipinski definition) is 5. The molecule has 0 aliphatic carbocycles. The molecule has 2 aromatic carbocycles. The zero-order valence-corrected chi connectivity index (χ0v) is 14.4. The molecule has 0 aliphatic heterocycles. The van der Waals surface area contributed by atoms with Crippen molar-refractivity contribution in [2.45, 2.75) is 20.4 Å². The Morgan fingerprint density at radius 3 is 2.77 bits per heavy atom. The fourth-order valence-electron chi connectivity index (χ4n) is 2.88. The quantitative estimate of drug-likeness (QED) is 0.603. The van der Waals surface area contributed by atoms with Gasteiger partial charge in [0.25, 0.3) is 0 Å². The molecule has 0 radical (unpaired) electrons. The molecule has 6 nitrogen and oxygen atoms in total. The van der Waals surface area contributed by atoms with E-state index in [1.807, 2.05) is 62.4 Å². The van der Waals surface area contributed by atoms with Crippen LogP contribution >= 0.6 is 0 Å². The van der Waals surface area contributed by atoms with E-state index in [0.717, 1.165) is 27.7 Å². The SMILES string of the molecule is Cc1cccc(CNC(=O)c2nc(-c3oc4ccccc4c3C)no2)c1. The molecule has 1 amide bonds. The molecule has 0 atom stereocenters. The fourth-order valence-corrected chi connectivity index (χ4v) is 2.88. The third-order valence-electron chi connectivity index (χ3n) is 4.20. The van der Waals surface area contributed by atoms with Crippen LogP contribution in [0.15, 0.2) is 57.5 Å². The van der Waals surface area contributed by atoms with Crippen molar-refractivity contribution in [1.29, 1.82) is 0 Å². The number of para-hydroxylation sites is 1. The van der Waals surface area contributed by atoms with E-state index >= 15 is 0 Å². The van der Waals surface area contributed by atoms with Gasteiger partial charge in [-0.25, -0.2) is 0 Å². The van der Waals surface area contributed by atoms with E-state index in [1.54, 1.807) is 0 Å². The molecule has 1 N–H and O–H groups in total. The third kappa shape index (κ3) is 2.97. The first-order valence-electron chi connectivity index (χ1n) is 8.28. The van der Waals surface area contributed by atoms with Crippen LogP contribution in [0.3, 0.4) is 0 Å². The second-order valence-corrected chi connectivity index (χ2v) is 6.15. The highest BCUT2D eigenvalue weighted by Gasteiger charge is 2.20. The van der Waals surface area contributed by atoms with Crippen molar-refractivity contribution in [1.82, 2.24) is 15.5 Å². The predicted octanol–water partition coefficient (Wildman–Crippen LogP) is 4.03. The van der Waals surface area contributed by atoms with Crippen LogP contribution in [0.4, 0.5) is 0 Å². The molecule has 0 spiro atoms. The van der Waals surface area contributed by atoms with Crippen LogP contribution in [0, 0.1) is 13.8 Å². The largest absolute Gasteiger partial charge is 0.452 e. The molecule has 0 saturated heterocycles. The van der Waals surface area contributed by atoms with Crippen LogP contribution in [0.25, 0.3) is 22.6 Å². The Kier molecular flexibility index (Phi) is 4.01. The first-order valence-corrected chi connectivity index (χ1v) is 8.28. The topological polar surface area (TPSA) is 81.2 Å². The number of nitrogens with zero attached hydrogens (tertiary/aromatic N) is 2. The number of aromatic nitrogens is 2. The molecule has 2 heterocycles. The molecule has 0 bridgehead atoms. The van der Waals surface area contributed by atoms with Gasteiger partial charge in [-0.3, -0.25) is 4.79 Å². The molecule has 4 aromatic rings. The van der Waals surface area contributed by atoms with Gasteiger partial charge in [-0.1, -0.05) is 53.2 Å². The van der Waals surface area contributed by atoms with E-state index in [-0.39, 0.29) is 11.7 Å². The minimum atomic E-state index is -0.418. The Balaban J connectivity index is 1.53. The molecule has 130 valence electrons. The van der Waals surface area contributed by atoms with Gasteiger partial charge in [-0.2, -0.15) is 4.98 Å². The van der Waals surface area contributed by atoms with E-state index in [9.17, 15) is 4.79 Å². The Bertz CT molecular complexity index is 1090. The van der Waals surface area contributed by atoms with E-state index in [0.29, 0.717) is 12.3 Å². The van der Waals surface area contributed by atoms with Crippen molar-refractivity contribution in [2.75, 3.05) is 0 Å². The highest BCUT2D eigenvalue weighted by atomic mass is 16.5. The number of fused-ring (bicyclic) bond motifs is 1. The van der Waals surface area contributed by atoms with Crippen LogP contribution in [0.2, 0.25) is 0 Å². The van der Waals surface area contributed by atoms with Crippen LogP contribution in [-0.2, 0) is 6.54 Å². The summed E-state index contributed by atoms with van der Waals surface area (Å²) >= 11 is 0. The number of carbonyl (C=O) groups is 1. The molecule has 0 fully saturated rings. The number of carbonyl (C=O) groups excluding carboxylic acids is 1. The van der Waals surface area contributed by atoms with Crippen LogP contribution in [-0.4, -0.2) is 16.0 Å². The normalized spacial score (nSPS) is 11.0. The van der Waals surface area contributed by atoms with Gasteiger partial charge in [-0.15, -0.1) is 0 Å². The summed E-state index contributed by atoms with van der Waals surface area (Å²) in [6.45, 7) is 4.32. The van der Waals surface area contributed by atoms with Crippen LogP contribution in [0.5, 0.6) is 0 Å². The number of aryl methyl sites for hydroxylation is 2. The molecular formula is C20H17N3O3. The summed E-state index contributed by atoms with van der Waals surface area (Å²) in [4.78, 5) is 16.4.